The second kappa shape index (κ2) is 10.0. The molecule has 0 radical (unpaired) electrons. The molecule has 0 aliphatic carbocycles. The fourth-order valence-electron chi connectivity index (χ4n) is 3.41. The van der Waals surface area contributed by atoms with E-state index in [1.807, 2.05) is 41.3 Å². The zero-order valence-electron chi connectivity index (χ0n) is 16.5. The maximum absolute atomic E-state index is 12.7. The van der Waals surface area contributed by atoms with Crippen LogP contribution in [-0.2, 0) is 11.2 Å². The Kier molecular flexibility index (Phi) is 7.20. The van der Waals surface area contributed by atoms with Gasteiger partial charge >= 0.3 is 0 Å². The van der Waals surface area contributed by atoms with Crippen molar-refractivity contribution >= 4 is 17.5 Å². The highest BCUT2D eigenvalue weighted by molar-refractivity contribution is 5.97. The van der Waals surface area contributed by atoms with Crippen LogP contribution in [0.15, 0.2) is 54.6 Å². The number of carbonyl (C=O) groups is 2. The van der Waals surface area contributed by atoms with Crippen LogP contribution < -0.4 is 10.6 Å². The highest BCUT2D eigenvalue weighted by atomic mass is 16.2. The fourth-order valence-corrected chi connectivity index (χ4v) is 3.41. The summed E-state index contributed by atoms with van der Waals surface area (Å²) in [6.45, 7) is 4.83. The molecule has 2 N–H and O–H groups in total. The van der Waals surface area contributed by atoms with Crippen LogP contribution in [0.2, 0.25) is 0 Å². The van der Waals surface area contributed by atoms with Crippen molar-refractivity contribution in [1.82, 2.24) is 10.2 Å². The summed E-state index contributed by atoms with van der Waals surface area (Å²) in [6.07, 6.45) is 2.99. The Hall–Kier alpha value is -2.66. The minimum Gasteiger partial charge on any atom is -0.339 e. The molecule has 0 saturated carbocycles. The molecule has 0 unspecified atom stereocenters. The zero-order chi connectivity index (χ0) is 19.8. The Bertz CT molecular complexity index is 783. The summed E-state index contributed by atoms with van der Waals surface area (Å²) in [7, 11) is 0. The Morgan fingerprint density at radius 2 is 1.79 bits per heavy atom. The van der Waals surface area contributed by atoms with Crippen molar-refractivity contribution < 1.29 is 9.59 Å². The zero-order valence-corrected chi connectivity index (χ0v) is 16.5. The molecular formula is C23H29N3O2. The van der Waals surface area contributed by atoms with E-state index < -0.39 is 0 Å². The molecule has 0 aromatic heterocycles. The number of nitrogens with zero attached hydrogens (tertiary/aromatic N) is 1. The van der Waals surface area contributed by atoms with Gasteiger partial charge in [0.15, 0.2) is 0 Å². The molecule has 0 atom stereocenters. The molecule has 2 amide bonds. The third-order valence-corrected chi connectivity index (χ3v) is 5.18. The first-order valence-electron chi connectivity index (χ1n) is 10.1. The van der Waals surface area contributed by atoms with E-state index in [-0.39, 0.29) is 18.4 Å². The Morgan fingerprint density at radius 1 is 1.04 bits per heavy atom. The van der Waals surface area contributed by atoms with E-state index >= 15 is 0 Å². The summed E-state index contributed by atoms with van der Waals surface area (Å²) in [5.74, 6) is 0.623. The normalized spacial score (nSPS) is 14.7. The topological polar surface area (TPSA) is 61.4 Å². The van der Waals surface area contributed by atoms with E-state index in [0.717, 1.165) is 38.9 Å². The number of carbonyl (C=O) groups excluding carboxylic acids is 2. The lowest BCUT2D eigenvalue weighted by Crippen LogP contribution is -2.37. The molecule has 0 bridgehead atoms. The van der Waals surface area contributed by atoms with Crippen molar-refractivity contribution in [3.8, 4) is 0 Å². The number of likely N-dealkylation sites (tertiary alicyclic amines) is 1. The predicted octanol–water partition coefficient (Wildman–Crippen LogP) is 3.33. The largest absolute Gasteiger partial charge is 0.339 e. The highest BCUT2D eigenvalue weighted by Gasteiger charge is 2.21. The fraction of sp³-hybridized carbons (Fsp3) is 0.391. The molecule has 28 heavy (non-hydrogen) atoms. The van der Waals surface area contributed by atoms with Crippen molar-refractivity contribution in [1.29, 1.82) is 0 Å². The van der Waals surface area contributed by atoms with E-state index in [1.54, 1.807) is 6.07 Å². The van der Waals surface area contributed by atoms with Gasteiger partial charge in [0.05, 0.1) is 6.54 Å². The van der Waals surface area contributed by atoms with Crippen LogP contribution in [0.3, 0.4) is 0 Å². The minimum atomic E-state index is -0.107. The second-order valence-corrected chi connectivity index (χ2v) is 7.52. The van der Waals surface area contributed by atoms with Gasteiger partial charge in [-0.2, -0.15) is 0 Å². The van der Waals surface area contributed by atoms with E-state index in [2.05, 4.69) is 29.7 Å². The SMILES string of the molecule is CC1CCN(C(=O)c2cccc(NC(=O)CNCCc3ccccc3)c2)CC1. The first kappa shape index (κ1) is 20.1. The summed E-state index contributed by atoms with van der Waals surface area (Å²) in [5.41, 5.74) is 2.53. The van der Waals surface area contributed by atoms with Gasteiger partial charge in [0.1, 0.15) is 0 Å². The van der Waals surface area contributed by atoms with Gasteiger partial charge in [-0.25, -0.2) is 0 Å². The van der Waals surface area contributed by atoms with Crippen molar-refractivity contribution in [3.63, 3.8) is 0 Å². The summed E-state index contributed by atoms with van der Waals surface area (Å²) in [6, 6.07) is 17.4. The molecule has 0 spiro atoms. The van der Waals surface area contributed by atoms with Crippen molar-refractivity contribution in [2.75, 3.05) is 31.5 Å². The number of rotatable bonds is 7. The lowest BCUT2D eigenvalue weighted by Gasteiger charge is -2.30. The predicted molar refractivity (Wildman–Crippen MR) is 112 cm³/mol. The summed E-state index contributed by atoms with van der Waals surface area (Å²) in [4.78, 5) is 26.8. The first-order valence-corrected chi connectivity index (χ1v) is 10.1. The average molecular weight is 380 g/mol. The molecule has 1 aliphatic heterocycles. The number of hydrogen-bond donors (Lipinski definition) is 2. The molecule has 1 aliphatic rings. The molecule has 3 rings (SSSR count). The van der Waals surface area contributed by atoms with Crippen LogP contribution in [0.25, 0.3) is 0 Å². The molecule has 2 aromatic rings. The van der Waals surface area contributed by atoms with Crippen molar-refractivity contribution in [2.45, 2.75) is 26.2 Å². The molecule has 148 valence electrons. The van der Waals surface area contributed by atoms with Gasteiger partial charge in [0.2, 0.25) is 5.91 Å². The van der Waals surface area contributed by atoms with E-state index in [0.29, 0.717) is 17.2 Å². The first-order chi connectivity index (χ1) is 13.6. The lowest BCUT2D eigenvalue weighted by atomic mass is 9.98. The van der Waals surface area contributed by atoms with E-state index in [1.165, 1.54) is 5.56 Å². The number of anilines is 1. The molecule has 5 nitrogen and oxygen atoms in total. The third-order valence-electron chi connectivity index (χ3n) is 5.18. The summed E-state index contributed by atoms with van der Waals surface area (Å²) in [5, 5.41) is 6.03. The van der Waals surface area contributed by atoms with Crippen molar-refractivity contribution in [3.05, 3.63) is 65.7 Å². The van der Waals surface area contributed by atoms with Crippen molar-refractivity contribution in [2.24, 2.45) is 5.92 Å². The maximum atomic E-state index is 12.7. The quantitative estimate of drug-likeness (QED) is 0.726. The van der Waals surface area contributed by atoms with Gasteiger partial charge in [-0.1, -0.05) is 43.3 Å². The summed E-state index contributed by atoms with van der Waals surface area (Å²) >= 11 is 0. The standard InChI is InChI=1S/C23H29N3O2/c1-18-11-14-26(15-12-18)23(28)20-8-5-9-21(16-20)25-22(27)17-24-13-10-19-6-3-2-4-7-19/h2-9,16,18,24H,10-15,17H2,1H3,(H,25,27). The minimum absolute atomic E-state index is 0.0454. The van der Waals surface area contributed by atoms with Crippen LogP contribution in [0.4, 0.5) is 5.69 Å². The van der Waals surface area contributed by atoms with Crippen LogP contribution in [0.5, 0.6) is 0 Å². The molecule has 5 heteroatoms. The van der Waals surface area contributed by atoms with Crippen LogP contribution in [-0.4, -0.2) is 42.9 Å². The number of nitrogens with one attached hydrogen (secondary N) is 2. The monoisotopic (exact) mass is 379 g/mol. The number of benzene rings is 2. The van der Waals surface area contributed by atoms with Gasteiger partial charge in [-0.15, -0.1) is 0 Å². The van der Waals surface area contributed by atoms with Gasteiger partial charge in [0, 0.05) is 24.3 Å². The molecular weight excluding hydrogens is 350 g/mol. The molecule has 1 fully saturated rings. The third kappa shape index (κ3) is 5.92. The molecule has 1 heterocycles. The Labute approximate surface area is 167 Å². The number of amides is 2. The summed E-state index contributed by atoms with van der Waals surface area (Å²) < 4.78 is 0. The van der Waals surface area contributed by atoms with E-state index in [4.69, 9.17) is 0 Å². The second-order valence-electron chi connectivity index (χ2n) is 7.52. The molecule has 1 saturated heterocycles. The lowest BCUT2D eigenvalue weighted by molar-refractivity contribution is -0.115. The average Bonchev–Trinajstić information content (AvgIpc) is 2.72. The molecule has 2 aromatic carbocycles. The number of piperidine rings is 1. The van der Waals surface area contributed by atoms with Gasteiger partial charge in [-0.05, 0) is 55.5 Å². The van der Waals surface area contributed by atoms with Crippen LogP contribution >= 0.6 is 0 Å². The van der Waals surface area contributed by atoms with Gasteiger partial charge < -0.3 is 15.5 Å². The maximum Gasteiger partial charge on any atom is 0.253 e. The smallest absolute Gasteiger partial charge is 0.253 e. The van der Waals surface area contributed by atoms with Crippen LogP contribution in [0, 0.1) is 5.92 Å². The van der Waals surface area contributed by atoms with Gasteiger partial charge in [-0.3, -0.25) is 9.59 Å². The number of hydrogen-bond acceptors (Lipinski definition) is 3. The van der Waals surface area contributed by atoms with Crippen LogP contribution in [0.1, 0.15) is 35.7 Å². The Balaban J connectivity index is 1.45. The van der Waals surface area contributed by atoms with Gasteiger partial charge in [0.25, 0.3) is 5.91 Å². The highest BCUT2D eigenvalue weighted by Crippen LogP contribution is 2.19. The van der Waals surface area contributed by atoms with E-state index in [9.17, 15) is 9.59 Å². The Morgan fingerprint density at radius 3 is 2.54 bits per heavy atom.